The molecule has 0 aliphatic carbocycles. The van der Waals surface area contributed by atoms with Crippen molar-refractivity contribution in [3.8, 4) is 0 Å². The summed E-state index contributed by atoms with van der Waals surface area (Å²) in [5.41, 5.74) is 2.80. The Balaban J connectivity index is 2.27. The van der Waals surface area contributed by atoms with Gasteiger partial charge >= 0.3 is 7.12 Å². The zero-order valence-corrected chi connectivity index (χ0v) is 10.6. The molecule has 1 atom stereocenters. The van der Waals surface area contributed by atoms with Gasteiger partial charge in [-0.2, -0.15) is 0 Å². The first-order valence-electron chi connectivity index (χ1n) is 5.67. The molecule has 1 unspecified atom stereocenters. The fraction of sp³-hybridized carbons (Fsp3) is 0.583. The van der Waals surface area contributed by atoms with E-state index in [4.69, 9.17) is 9.31 Å². The highest BCUT2D eigenvalue weighted by molar-refractivity contribution is 6.62. The summed E-state index contributed by atoms with van der Waals surface area (Å²) in [6.45, 7) is 10.1. The first kappa shape index (κ1) is 11.6. The number of aryl methyl sites for hydroxylation is 2. The van der Waals surface area contributed by atoms with Gasteiger partial charge in [-0.25, -0.2) is 0 Å². The summed E-state index contributed by atoms with van der Waals surface area (Å²) in [7, 11) is -0.280. The van der Waals surface area contributed by atoms with E-state index >= 15 is 0 Å². The maximum atomic E-state index is 5.91. The molecule has 2 heterocycles. The lowest BCUT2D eigenvalue weighted by Gasteiger charge is -2.21. The van der Waals surface area contributed by atoms with Gasteiger partial charge in [-0.1, -0.05) is 6.07 Å². The Kier molecular flexibility index (Phi) is 2.80. The van der Waals surface area contributed by atoms with Crippen molar-refractivity contribution in [2.75, 3.05) is 0 Å². The first-order valence-corrected chi connectivity index (χ1v) is 5.67. The van der Waals surface area contributed by atoms with Gasteiger partial charge in [-0.15, -0.1) is 0 Å². The van der Waals surface area contributed by atoms with Crippen LogP contribution in [0.15, 0.2) is 12.1 Å². The highest BCUT2D eigenvalue weighted by Crippen LogP contribution is 2.26. The number of rotatable bonds is 1. The minimum Gasteiger partial charge on any atom is -0.402 e. The minimum atomic E-state index is -0.280. The van der Waals surface area contributed by atoms with Crippen LogP contribution in [0.25, 0.3) is 0 Å². The Labute approximate surface area is 97.3 Å². The molecule has 0 spiro atoms. The monoisotopic (exact) mass is 219 g/mol. The van der Waals surface area contributed by atoms with Crippen molar-refractivity contribution >= 4 is 12.6 Å². The van der Waals surface area contributed by atoms with Gasteiger partial charge in [0.2, 0.25) is 0 Å². The molecule has 0 radical (unpaired) electrons. The van der Waals surface area contributed by atoms with E-state index in [1.165, 1.54) is 0 Å². The molecule has 0 saturated carbocycles. The van der Waals surface area contributed by atoms with Gasteiger partial charge in [-0.05, 0) is 40.7 Å². The molecule has 0 bridgehead atoms. The van der Waals surface area contributed by atoms with Crippen LogP contribution in [0, 0.1) is 13.8 Å². The van der Waals surface area contributed by atoms with E-state index in [9.17, 15) is 0 Å². The Bertz CT molecular complexity index is 406. The van der Waals surface area contributed by atoms with Crippen molar-refractivity contribution in [2.24, 2.45) is 0 Å². The summed E-state index contributed by atoms with van der Waals surface area (Å²) in [5, 5.41) is 0. The second kappa shape index (κ2) is 3.86. The van der Waals surface area contributed by atoms with E-state index in [1.54, 1.807) is 0 Å². The molecule has 86 valence electrons. The van der Waals surface area contributed by atoms with Crippen LogP contribution in [0.3, 0.4) is 0 Å². The van der Waals surface area contributed by atoms with Crippen molar-refractivity contribution in [3.63, 3.8) is 0 Å². The van der Waals surface area contributed by atoms with Crippen LogP contribution < -0.4 is 5.46 Å². The average Bonchev–Trinajstić information content (AvgIpc) is 2.40. The van der Waals surface area contributed by atoms with Crippen LogP contribution in [0.5, 0.6) is 0 Å². The van der Waals surface area contributed by atoms with Crippen LogP contribution in [0.4, 0.5) is 0 Å². The third kappa shape index (κ3) is 2.00. The van der Waals surface area contributed by atoms with Crippen LogP contribution in [0.1, 0.15) is 32.2 Å². The molecule has 1 aliphatic heterocycles. The summed E-state index contributed by atoms with van der Waals surface area (Å²) in [5.74, 6) is 0. The fourth-order valence-electron chi connectivity index (χ4n) is 1.83. The largest absolute Gasteiger partial charge is 0.496 e. The molecule has 1 fully saturated rings. The van der Waals surface area contributed by atoms with Crippen molar-refractivity contribution in [2.45, 2.75) is 46.3 Å². The number of nitrogens with zero attached hydrogens (tertiary/aromatic N) is 1. The van der Waals surface area contributed by atoms with E-state index in [-0.39, 0.29) is 18.8 Å². The lowest BCUT2D eigenvalue weighted by atomic mass is 9.78. The Morgan fingerprint density at radius 1 is 1.31 bits per heavy atom. The van der Waals surface area contributed by atoms with Gasteiger partial charge in [0, 0.05) is 16.9 Å². The van der Waals surface area contributed by atoms with E-state index in [0.717, 1.165) is 16.9 Å². The number of pyridine rings is 1. The van der Waals surface area contributed by atoms with Crippen LogP contribution in [-0.4, -0.2) is 23.8 Å². The molecule has 16 heavy (non-hydrogen) atoms. The summed E-state index contributed by atoms with van der Waals surface area (Å²) >= 11 is 0. The van der Waals surface area contributed by atoms with Gasteiger partial charge in [-0.3, -0.25) is 4.98 Å². The zero-order valence-electron chi connectivity index (χ0n) is 10.6. The second-order valence-corrected chi connectivity index (χ2v) is 4.96. The van der Waals surface area contributed by atoms with Gasteiger partial charge < -0.3 is 9.31 Å². The predicted molar refractivity (Wildman–Crippen MR) is 64.8 cm³/mol. The second-order valence-electron chi connectivity index (χ2n) is 4.96. The lowest BCUT2D eigenvalue weighted by Crippen LogP contribution is -2.36. The molecule has 3 nitrogen and oxygen atoms in total. The summed E-state index contributed by atoms with van der Waals surface area (Å²) in [6, 6.07) is 4.03. The van der Waals surface area contributed by atoms with Gasteiger partial charge in [0.25, 0.3) is 0 Å². The van der Waals surface area contributed by atoms with E-state index in [2.05, 4.69) is 18.8 Å². The van der Waals surface area contributed by atoms with E-state index < -0.39 is 0 Å². The fourth-order valence-corrected chi connectivity index (χ4v) is 1.83. The Hall–Kier alpha value is -0.865. The van der Waals surface area contributed by atoms with E-state index in [1.807, 2.05) is 32.9 Å². The highest BCUT2D eigenvalue weighted by Gasteiger charge is 2.44. The zero-order chi connectivity index (χ0) is 11.9. The minimum absolute atomic E-state index is 0.0956. The summed E-state index contributed by atoms with van der Waals surface area (Å²) in [4.78, 5) is 4.43. The average molecular weight is 219 g/mol. The normalized spacial score (nSPS) is 23.8. The molecular weight excluding hydrogens is 201 g/mol. The predicted octanol–water partition coefficient (Wildman–Crippen LogP) is 1.61. The number of hydrogen-bond acceptors (Lipinski definition) is 3. The molecule has 1 aromatic rings. The summed E-state index contributed by atoms with van der Waals surface area (Å²) < 4.78 is 11.7. The molecule has 1 aliphatic rings. The number of aromatic nitrogens is 1. The Morgan fingerprint density at radius 2 is 2.00 bits per heavy atom. The van der Waals surface area contributed by atoms with Crippen LogP contribution >= 0.6 is 0 Å². The van der Waals surface area contributed by atoms with E-state index in [0.29, 0.717) is 0 Å². The molecule has 4 heteroatoms. The Morgan fingerprint density at radius 3 is 2.50 bits per heavy atom. The van der Waals surface area contributed by atoms with Crippen molar-refractivity contribution in [1.29, 1.82) is 0 Å². The maximum Gasteiger partial charge on any atom is 0.496 e. The molecule has 0 amide bonds. The van der Waals surface area contributed by atoms with Gasteiger partial charge in [0.1, 0.15) is 0 Å². The smallest absolute Gasteiger partial charge is 0.402 e. The molecular formula is C12H18BNO2. The summed E-state index contributed by atoms with van der Waals surface area (Å²) in [6.07, 6.45) is 0.0956. The number of hydrogen-bond donors (Lipinski definition) is 0. The third-order valence-corrected chi connectivity index (χ3v) is 3.24. The molecule has 2 rings (SSSR count). The van der Waals surface area contributed by atoms with Crippen molar-refractivity contribution in [1.82, 2.24) is 4.98 Å². The quantitative estimate of drug-likeness (QED) is 0.672. The highest BCUT2D eigenvalue weighted by atomic mass is 16.7. The molecule has 0 aromatic carbocycles. The standard InChI is InChI=1S/C12H18BNO2/c1-8-6-7-11(9(2)14-8)13-15-10(3)12(4,5)16-13/h6-7,10H,1-5H3. The lowest BCUT2D eigenvalue weighted by molar-refractivity contribution is 0.0842. The first-order chi connectivity index (χ1) is 7.40. The van der Waals surface area contributed by atoms with Crippen molar-refractivity contribution in [3.05, 3.63) is 23.5 Å². The van der Waals surface area contributed by atoms with Crippen LogP contribution in [0.2, 0.25) is 0 Å². The topological polar surface area (TPSA) is 31.4 Å². The molecule has 1 aromatic heterocycles. The SMILES string of the molecule is Cc1ccc(B2OC(C)C(C)(C)O2)c(C)n1. The third-order valence-electron chi connectivity index (χ3n) is 3.24. The van der Waals surface area contributed by atoms with Gasteiger partial charge in [0.05, 0.1) is 11.7 Å². The van der Waals surface area contributed by atoms with Crippen LogP contribution in [-0.2, 0) is 9.31 Å². The molecule has 0 N–H and O–H groups in total. The van der Waals surface area contributed by atoms with Gasteiger partial charge in [0.15, 0.2) is 0 Å². The maximum absolute atomic E-state index is 5.91. The van der Waals surface area contributed by atoms with Crippen molar-refractivity contribution < 1.29 is 9.31 Å². The molecule has 1 saturated heterocycles.